The summed E-state index contributed by atoms with van der Waals surface area (Å²) in [7, 11) is 0. The highest BCUT2D eigenvalue weighted by Crippen LogP contribution is 2.28. The first-order chi connectivity index (χ1) is 14.9. The first-order valence-electron chi connectivity index (χ1n) is 8.90. The molecule has 4 nitrogen and oxygen atoms in total. The van der Waals surface area contributed by atoms with E-state index < -0.39 is 5.91 Å². The van der Waals surface area contributed by atoms with Crippen LogP contribution in [0, 0.1) is 11.3 Å². The lowest BCUT2D eigenvalue weighted by atomic mass is 10.1. The zero-order valence-electron chi connectivity index (χ0n) is 15.8. The molecule has 156 valence electrons. The number of carbonyl (C=O) groups is 1. The Balaban J connectivity index is 1.84. The van der Waals surface area contributed by atoms with Gasteiger partial charge in [0.15, 0.2) is 0 Å². The molecule has 0 saturated heterocycles. The predicted octanol–water partition coefficient (Wildman–Crippen LogP) is 7.64. The van der Waals surface area contributed by atoms with Crippen molar-refractivity contribution in [2.75, 3.05) is 5.32 Å². The Kier molecular flexibility index (Phi) is 8.16. The lowest BCUT2D eigenvalue weighted by Gasteiger charge is -2.12. The van der Waals surface area contributed by atoms with Crippen LogP contribution in [0.3, 0.4) is 0 Å². The zero-order chi connectivity index (χ0) is 22.4. The molecule has 31 heavy (non-hydrogen) atoms. The number of nitrogens with zero attached hydrogens (tertiary/aromatic N) is 1. The molecule has 0 aliphatic rings. The van der Waals surface area contributed by atoms with E-state index in [1.165, 1.54) is 6.08 Å². The molecule has 0 aliphatic carbocycles. The van der Waals surface area contributed by atoms with E-state index in [2.05, 4.69) is 37.2 Å². The number of hydrogen-bond donors (Lipinski definition) is 1. The first kappa shape index (κ1) is 23.4. The Bertz CT molecular complexity index is 1210. The minimum atomic E-state index is -0.521. The number of halogens is 4. The summed E-state index contributed by atoms with van der Waals surface area (Å²) in [5.41, 5.74) is 1.84. The maximum Gasteiger partial charge on any atom is 0.266 e. The highest BCUT2D eigenvalue weighted by Gasteiger charge is 2.13. The van der Waals surface area contributed by atoms with Gasteiger partial charge in [0.2, 0.25) is 0 Å². The van der Waals surface area contributed by atoms with Gasteiger partial charge in [-0.2, -0.15) is 5.26 Å². The summed E-state index contributed by atoms with van der Waals surface area (Å²) in [6.45, 7) is 0.199. The van der Waals surface area contributed by atoms with Crippen molar-refractivity contribution in [2.45, 2.75) is 6.61 Å². The van der Waals surface area contributed by atoms with Crippen LogP contribution >= 0.6 is 55.1 Å². The maximum absolute atomic E-state index is 12.6. The molecular formula is C23H14Br2Cl2N2O2. The standard InChI is InChI=1S/C23H14Br2Cl2N2O2/c24-17-2-1-3-20(10-17)29-23(30)16(12-28)8-15-9-18(25)5-7-22(15)31-13-14-4-6-19(26)11-21(14)27/h1-11H,13H2,(H,29,30)/b16-8-. The van der Waals surface area contributed by atoms with E-state index in [0.29, 0.717) is 27.0 Å². The van der Waals surface area contributed by atoms with Crippen molar-refractivity contribution in [2.24, 2.45) is 0 Å². The van der Waals surface area contributed by atoms with E-state index in [-0.39, 0.29) is 12.2 Å². The van der Waals surface area contributed by atoms with Crippen LogP contribution in [0.2, 0.25) is 10.0 Å². The second-order valence-electron chi connectivity index (χ2n) is 6.34. The zero-order valence-corrected chi connectivity index (χ0v) is 20.5. The molecule has 0 spiro atoms. The summed E-state index contributed by atoms with van der Waals surface area (Å²) in [5, 5.41) is 13.3. The molecule has 3 aromatic carbocycles. The third-order valence-corrected chi connectivity index (χ3v) is 5.69. The molecule has 0 aromatic heterocycles. The highest BCUT2D eigenvalue weighted by atomic mass is 79.9. The summed E-state index contributed by atoms with van der Waals surface area (Å²) >= 11 is 18.9. The number of ether oxygens (including phenoxy) is 1. The Morgan fingerprint density at radius 3 is 2.55 bits per heavy atom. The number of carbonyl (C=O) groups excluding carboxylic acids is 1. The SMILES string of the molecule is N#C/C(=C/c1cc(Br)ccc1OCc1ccc(Cl)cc1Cl)C(=O)Nc1cccc(Br)c1. The molecule has 0 radical (unpaired) electrons. The van der Waals surface area contributed by atoms with E-state index in [4.69, 9.17) is 27.9 Å². The molecule has 0 bridgehead atoms. The second kappa shape index (κ2) is 10.8. The van der Waals surface area contributed by atoms with Crippen molar-refractivity contribution in [3.05, 3.63) is 96.4 Å². The molecule has 3 aromatic rings. The van der Waals surface area contributed by atoms with Gasteiger partial charge in [-0.1, -0.05) is 67.2 Å². The molecule has 0 unspecified atom stereocenters. The number of hydrogen-bond acceptors (Lipinski definition) is 3. The number of amides is 1. The fourth-order valence-electron chi connectivity index (χ4n) is 2.63. The lowest BCUT2D eigenvalue weighted by Crippen LogP contribution is -2.13. The van der Waals surface area contributed by atoms with Crippen molar-refractivity contribution in [1.29, 1.82) is 5.26 Å². The van der Waals surface area contributed by atoms with Crippen molar-refractivity contribution in [3.63, 3.8) is 0 Å². The van der Waals surface area contributed by atoms with Gasteiger partial charge in [0.25, 0.3) is 5.91 Å². The van der Waals surface area contributed by atoms with E-state index >= 15 is 0 Å². The van der Waals surface area contributed by atoms with Gasteiger partial charge in [0.1, 0.15) is 24.0 Å². The molecule has 1 N–H and O–H groups in total. The molecule has 0 heterocycles. The van der Waals surface area contributed by atoms with E-state index in [0.717, 1.165) is 14.5 Å². The fraction of sp³-hybridized carbons (Fsp3) is 0.0435. The van der Waals surface area contributed by atoms with E-state index in [9.17, 15) is 10.1 Å². The predicted molar refractivity (Wildman–Crippen MR) is 131 cm³/mol. The second-order valence-corrected chi connectivity index (χ2v) is 9.02. The molecule has 3 rings (SSSR count). The highest BCUT2D eigenvalue weighted by molar-refractivity contribution is 9.10. The van der Waals surface area contributed by atoms with Crippen LogP contribution in [0.1, 0.15) is 11.1 Å². The van der Waals surface area contributed by atoms with Crippen LogP contribution in [-0.4, -0.2) is 5.91 Å². The minimum Gasteiger partial charge on any atom is -0.488 e. The Labute approximate surface area is 206 Å². The van der Waals surface area contributed by atoms with Crippen LogP contribution < -0.4 is 10.1 Å². The quantitative estimate of drug-likeness (QED) is 0.241. The van der Waals surface area contributed by atoms with Gasteiger partial charge < -0.3 is 10.1 Å². The number of nitriles is 1. The number of rotatable bonds is 6. The van der Waals surface area contributed by atoms with E-state index in [1.54, 1.807) is 48.5 Å². The number of anilines is 1. The normalized spacial score (nSPS) is 11.0. The van der Waals surface area contributed by atoms with Gasteiger partial charge in [-0.05, 0) is 54.6 Å². The van der Waals surface area contributed by atoms with Gasteiger partial charge in [0.05, 0.1) is 0 Å². The van der Waals surface area contributed by atoms with Crippen LogP contribution in [-0.2, 0) is 11.4 Å². The molecule has 1 amide bonds. The number of benzene rings is 3. The summed E-state index contributed by atoms with van der Waals surface area (Å²) in [6, 6.07) is 19.6. The van der Waals surface area contributed by atoms with Crippen LogP contribution in [0.5, 0.6) is 5.75 Å². The smallest absolute Gasteiger partial charge is 0.266 e. The molecule has 8 heteroatoms. The summed E-state index contributed by atoms with van der Waals surface area (Å²) < 4.78 is 7.51. The Morgan fingerprint density at radius 1 is 1.06 bits per heavy atom. The summed E-state index contributed by atoms with van der Waals surface area (Å²) in [5.74, 6) is -0.0236. The summed E-state index contributed by atoms with van der Waals surface area (Å²) in [6.07, 6.45) is 1.48. The van der Waals surface area contributed by atoms with Crippen molar-refractivity contribution in [3.8, 4) is 11.8 Å². The first-order valence-corrected chi connectivity index (χ1v) is 11.2. The number of nitrogens with one attached hydrogen (secondary N) is 1. The third-order valence-electron chi connectivity index (χ3n) is 4.12. The lowest BCUT2D eigenvalue weighted by molar-refractivity contribution is -0.112. The van der Waals surface area contributed by atoms with E-state index in [1.807, 2.05) is 18.2 Å². The molecule has 0 aliphatic heterocycles. The fourth-order valence-corrected chi connectivity index (χ4v) is 3.87. The average molecular weight is 581 g/mol. The van der Waals surface area contributed by atoms with Gasteiger partial charge in [-0.3, -0.25) is 4.79 Å². The van der Waals surface area contributed by atoms with Crippen LogP contribution in [0.15, 0.2) is 75.2 Å². The van der Waals surface area contributed by atoms with Crippen LogP contribution in [0.25, 0.3) is 6.08 Å². The molecule has 0 fully saturated rings. The van der Waals surface area contributed by atoms with Gasteiger partial charge in [0, 0.05) is 35.8 Å². The van der Waals surface area contributed by atoms with Crippen molar-refractivity contribution in [1.82, 2.24) is 0 Å². The average Bonchev–Trinajstić information content (AvgIpc) is 2.72. The van der Waals surface area contributed by atoms with Crippen molar-refractivity contribution < 1.29 is 9.53 Å². The summed E-state index contributed by atoms with van der Waals surface area (Å²) in [4.78, 5) is 12.6. The van der Waals surface area contributed by atoms with Crippen LogP contribution in [0.4, 0.5) is 5.69 Å². The Morgan fingerprint density at radius 2 is 1.84 bits per heavy atom. The Hall–Kier alpha value is -2.30. The maximum atomic E-state index is 12.6. The topological polar surface area (TPSA) is 62.1 Å². The largest absolute Gasteiger partial charge is 0.488 e. The minimum absolute atomic E-state index is 0.0625. The van der Waals surface area contributed by atoms with Gasteiger partial charge in [-0.15, -0.1) is 0 Å². The third kappa shape index (κ3) is 6.59. The monoisotopic (exact) mass is 578 g/mol. The van der Waals surface area contributed by atoms with Crippen molar-refractivity contribution >= 4 is 72.7 Å². The molecule has 0 atom stereocenters. The van der Waals surface area contributed by atoms with Gasteiger partial charge in [-0.25, -0.2) is 0 Å². The van der Waals surface area contributed by atoms with Gasteiger partial charge >= 0.3 is 0 Å². The molecular weight excluding hydrogens is 567 g/mol. The molecule has 0 saturated carbocycles.